The van der Waals surface area contributed by atoms with E-state index in [2.05, 4.69) is 15.5 Å². The van der Waals surface area contributed by atoms with Crippen LogP contribution in [0.1, 0.15) is 44.4 Å². The number of H-pyrrole nitrogens is 1. The molecule has 3 aromatic rings. The summed E-state index contributed by atoms with van der Waals surface area (Å²) in [6.07, 6.45) is 1.61. The first-order valence-electron chi connectivity index (χ1n) is 11.2. The van der Waals surface area contributed by atoms with Crippen LogP contribution in [0.5, 0.6) is 0 Å². The van der Waals surface area contributed by atoms with E-state index in [0.717, 1.165) is 27.6 Å². The van der Waals surface area contributed by atoms with Gasteiger partial charge in [0.2, 0.25) is 5.91 Å². The summed E-state index contributed by atoms with van der Waals surface area (Å²) >= 11 is 0. The zero-order valence-corrected chi connectivity index (χ0v) is 19.7. The normalized spacial score (nSPS) is 15.7. The molecule has 4 rings (SSSR count). The van der Waals surface area contributed by atoms with Crippen molar-refractivity contribution in [1.82, 2.24) is 20.4 Å². The summed E-state index contributed by atoms with van der Waals surface area (Å²) in [4.78, 5) is 27.3. The second-order valence-electron chi connectivity index (χ2n) is 8.80. The molecule has 33 heavy (non-hydrogen) atoms. The molecule has 1 atom stereocenters. The average Bonchev–Trinajstić information content (AvgIpc) is 3.20. The van der Waals surface area contributed by atoms with Crippen LogP contribution in [0.3, 0.4) is 0 Å². The quantitative estimate of drug-likeness (QED) is 0.562. The molecule has 4 N–H and O–H groups in total. The number of amides is 2. The lowest BCUT2D eigenvalue weighted by molar-refractivity contribution is -0.135. The van der Waals surface area contributed by atoms with Crippen molar-refractivity contribution in [2.45, 2.75) is 65.4 Å². The van der Waals surface area contributed by atoms with Gasteiger partial charge in [-0.05, 0) is 42.6 Å². The van der Waals surface area contributed by atoms with E-state index >= 15 is 0 Å². The van der Waals surface area contributed by atoms with E-state index in [9.17, 15) is 9.59 Å². The largest absolute Gasteiger partial charge is 0.445 e. The Morgan fingerprint density at radius 2 is 1.91 bits per heavy atom. The molecule has 2 aromatic carbocycles. The van der Waals surface area contributed by atoms with Crippen LogP contribution in [0.25, 0.3) is 10.9 Å². The molecule has 1 aliphatic rings. The number of hydrogen-bond acceptors (Lipinski definition) is 5. The predicted octanol–water partition coefficient (Wildman–Crippen LogP) is 3.50. The highest BCUT2D eigenvalue weighted by atomic mass is 16.5. The van der Waals surface area contributed by atoms with Crippen LogP contribution in [0, 0.1) is 0 Å². The van der Waals surface area contributed by atoms with Gasteiger partial charge < -0.3 is 20.7 Å². The third kappa shape index (κ3) is 6.32. The van der Waals surface area contributed by atoms with Gasteiger partial charge in [-0.2, -0.15) is 5.10 Å². The Balaban J connectivity index is 0.000000709. The first-order valence-corrected chi connectivity index (χ1v) is 11.2. The van der Waals surface area contributed by atoms with Gasteiger partial charge in [0, 0.05) is 24.4 Å². The summed E-state index contributed by atoms with van der Waals surface area (Å²) in [5.74, 6) is -0.107. The summed E-state index contributed by atoms with van der Waals surface area (Å²) in [6.45, 7) is 8.49. The number of alkyl carbamates (subject to hydrolysis) is 1. The summed E-state index contributed by atoms with van der Waals surface area (Å²) in [5.41, 5.74) is 9.05. The number of aromatic nitrogens is 2. The van der Waals surface area contributed by atoms with E-state index in [-0.39, 0.29) is 18.6 Å². The van der Waals surface area contributed by atoms with E-state index in [1.54, 1.807) is 11.1 Å². The van der Waals surface area contributed by atoms with Crippen molar-refractivity contribution >= 4 is 22.9 Å². The Morgan fingerprint density at radius 3 is 2.58 bits per heavy atom. The summed E-state index contributed by atoms with van der Waals surface area (Å²) in [5, 5.41) is 10.9. The number of ether oxygens (including phenoxy) is 1. The monoisotopic (exact) mass is 451 g/mol. The highest BCUT2D eigenvalue weighted by Crippen LogP contribution is 2.28. The molecule has 0 bridgehead atoms. The smallest absolute Gasteiger partial charge is 0.408 e. The zero-order valence-electron chi connectivity index (χ0n) is 19.7. The SMILES string of the molecule is CC(C)N.CC(C)N1Cc2c(ccc3[nH]ncc23)C[C@@H](NC(=O)OCc2ccccc2)C1=O. The summed E-state index contributed by atoms with van der Waals surface area (Å²) < 4.78 is 5.33. The van der Waals surface area contributed by atoms with Crippen molar-refractivity contribution < 1.29 is 14.3 Å². The van der Waals surface area contributed by atoms with Gasteiger partial charge in [-0.15, -0.1) is 0 Å². The Hall–Kier alpha value is -3.39. The average molecular weight is 452 g/mol. The second kappa shape index (κ2) is 11.0. The molecule has 0 saturated heterocycles. The third-order valence-electron chi connectivity index (χ3n) is 5.29. The zero-order chi connectivity index (χ0) is 24.0. The standard InChI is InChI=1S/C22H24N4O3.C3H9N/c1-14(2)26-12-18-16(8-9-19-17(18)11-23-25-19)10-20(21(26)27)24-22(28)29-13-15-6-4-3-5-7-15;1-3(2)4/h3-9,11,14,20H,10,12-13H2,1-2H3,(H,23,25)(H,24,28);3H,4H2,1-2H3/t20-;/m1./s1. The van der Waals surface area contributed by atoms with Crippen LogP contribution in [-0.4, -0.2) is 45.2 Å². The Bertz CT molecular complexity index is 1080. The molecule has 0 saturated carbocycles. The molecule has 0 unspecified atom stereocenters. The molecule has 1 aliphatic heterocycles. The minimum atomic E-state index is -0.675. The van der Waals surface area contributed by atoms with Crippen LogP contribution in [-0.2, 0) is 29.1 Å². The number of nitrogens with two attached hydrogens (primary N) is 1. The molecular formula is C25H33N5O3. The molecule has 176 valence electrons. The van der Waals surface area contributed by atoms with Gasteiger partial charge in [0.25, 0.3) is 0 Å². The lowest BCUT2D eigenvalue weighted by Crippen LogP contribution is -2.50. The highest BCUT2D eigenvalue weighted by Gasteiger charge is 2.33. The fraction of sp³-hybridized carbons (Fsp3) is 0.400. The first-order chi connectivity index (χ1) is 15.8. The van der Waals surface area contributed by atoms with E-state index in [1.165, 1.54) is 0 Å². The van der Waals surface area contributed by atoms with E-state index < -0.39 is 12.1 Å². The van der Waals surface area contributed by atoms with Crippen molar-refractivity contribution in [1.29, 1.82) is 0 Å². The summed E-state index contributed by atoms with van der Waals surface area (Å²) in [6, 6.07) is 13.1. The second-order valence-corrected chi connectivity index (χ2v) is 8.80. The Labute approximate surface area is 194 Å². The lowest BCUT2D eigenvalue weighted by Gasteiger charge is -2.28. The molecule has 0 spiro atoms. The van der Waals surface area contributed by atoms with Crippen LogP contribution < -0.4 is 11.1 Å². The van der Waals surface area contributed by atoms with Crippen molar-refractivity contribution in [3.05, 3.63) is 65.4 Å². The maximum atomic E-state index is 13.2. The molecular weight excluding hydrogens is 418 g/mol. The van der Waals surface area contributed by atoms with Crippen LogP contribution in [0.4, 0.5) is 4.79 Å². The van der Waals surface area contributed by atoms with E-state index in [0.29, 0.717) is 19.0 Å². The molecule has 0 aliphatic carbocycles. The summed E-state index contributed by atoms with van der Waals surface area (Å²) in [7, 11) is 0. The minimum absolute atomic E-state index is 0.000228. The van der Waals surface area contributed by atoms with Gasteiger partial charge in [-0.25, -0.2) is 4.79 Å². The fourth-order valence-electron chi connectivity index (χ4n) is 3.71. The Morgan fingerprint density at radius 1 is 1.21 bits per heavy atom. The van der Waals surface area contributed by atoms with E-state index in [4.69, 9.17) is 10.5 Å². The molecule has 8 heteroatoms. The number of aromatic amines is 1. The number of hydrogen-bond donors (Lipinski definition) is 3. The topological polar surface area (TPSA) is 113 Å². The van der Waals surface area contributed by atoms with Gasteiger partial charge in [0.1, 0.15) is 12.6 Å². The molecule has 2 heterocycles. The van der Waals surface area contributed by atoms with Gasteiger partial charge >= 0.3 is 6.09 Å². The van der Waals surface area contributed by atoms with Crippen molar-refractivity contribution in [3.63, 3.8) is 0 Å². The van der Waals surface area contributed by atoms with Crippen molar-refractivity contribution in [3.8, 4) is 0 Å². The van der Waals surface area contributed by atoms with Gasteiger partial charge in [0.05, 0.1) is 11.7 Å². The van der Waals surface area contributed by atoms with Crippen molar-refractivity contribution in [2.24, 2.45) is 5.73 Å². The molecule has 0 radical (unpaired) electrons. The minimum Gasteiger partial charge on any atom is -0.445 e. The molecule has 0 fully saturated rings. The van der Waals surface area contributed by atoms with Crippen LogP contribution >= 0.6 is 0 Å². The lowest BCUT2D eigenvalue weighted by atomic mass is 9.99. The van der Waals surface area contributed by atoms with Gasteiger partial charge in [-0.3, -0.25) is 9.89 Å². The number of nitrogens with zero attached hydrogens (tertiary/aromatic N) is 2. The number of rotatable bonds is 4. The Kier molecular flexibility index (Phi) is 8.06. The fourth-order valence-corrected chi connectivity index (χ4v) is 3.71. The number of carbonyl (C=O) groups excluding carboxylic acids is 2. The highest BCUT2D eigenvalue weighted by molar-refractivity contribution is 5.89. The number of nitrogens with one attached hydrogen (secondary N) is 2. The molecule has 8 nitrogen and oxygen atoms in total. The maximum Gasteiger partial charge on any atom is 0.408 e. The molecule has 1 aromatic heterocycles. The third-order valence-corrected chi connectivity index (χ3v) is 5.29. The van der Waals surface area contributed by atoms with Gasteiger partial charge in [0.15, 0.2) is 0 Å². The predicted molar refractivity (Wildman–Crippen MR) is 128 cm³/mol. The first kappa shape index (κ1) is 24.3. The maximum absolute atomic E-state index is 13.2. The number of carbonyl (C=O) groups is 2. The van der Waals surface area contributed by atoms with Crippen LogP contribution in [0.15, 0.2) is 48.7 Å². The molecule has 2 amide bonds. The van der Waals surface area contributed by atoms with E-state index in [1.807, 2.05) is 70.2 Å². The van der Waals surface area contributed by atoms with Crippen molar-refractivity contribution in [2.75, 3.05) is 0 Å². The number of fused-ring (bicyclic) bond motifs is 3. The van der Waals surface area contributed by atoms with Crippen LogP contribution in [0.2, 0.25) is 0 Å². The van der Waals surface area contributed by atoms with Gasteiger partial charge in [-0.1, -0.05) is 50.2 Å². The number of benzene rings is 2.